The highest BCUT2D eigenvalue weighted by Crippen LogP contribution is 2.45. The highest BCUT2D eigenvalue weighted by Gasteiger charge is 2.31. The molecule has 0 spiro atoms. The van der Waals surface area contributed by atoms with E-state index < -0.39 is 97.5 Å². The average Bonchev–Trinajstić information content (AvgIpc) is 0.904. The van der Waals surface area contributed by atoms with Crippen LogP contribution in [0.4, 0.5) is 0 Å². The molecule has 17 nitrogen and oxygen atoms in total. The lowest BCUT2D eigenvalue weighted by atomic mass is 9.99. The maximum Gasteiger partial charge on any atom is 0.472 e. The molecule has 0 aliphatic rings. The van der Waals surface area contributed by atoms with Gasteiger partial charge in [-0.2, -0.15) is 0 Å². The molecule has 3 unspecified atom stereocenters. The van der Waals surface area contributed by atoms with Gasteiger partial charge in [0.15, 0.2) is 12.2 Å². The Morgan fingerprint density at radius 2 is 0.477 bits per heavy atom. The molecular formula is C88H172O17P2. The lowest BCUT2D eigenvalue weighted by molar-refractivity contribution is -0.161. The summed E-state index contributed by atoms with van der Waals surface area (Å²) in [6, 6.07) is 0. The molecule has 0 heterocycles. The van der Waals surface area contributed by atoms with Crippen LogP contribution >= 0.6 is 15.6 Å². The van der Waals surface area contributed by atoms with Crippen molar-refractivity contribution in [1.82, 2.24) is 0 Å². The zero-order valence-corrected chi connectivity index (χ0v) is 72.2. The van der Waals surface area contributed by atoms with Gasteiger partial charge in [0.25, 0.3) is 0 Å². The van der Waals surface area contributed by atoms with Gasteiger partial charge in [-0.25, -0.2) is 9.13 Å². The molecule has 0 aromatic heterocycles. The van der Waals surface area contributed by atoms with Gasteiger partial charge in [-0.3, -0.25) is 37.3 Å². The number of phosphoric ester groups is 2. The average molecular weight is 1560 g/mol. The Morgan fingerprint density at radius 1 is 0.271 bits per heavy atom. The van der Waals surface area contributed by atoms with Gasteiger partial charge in [0.1, 0.15) is 19.3 Å². The van der Waals surface area contributed by atoms with Crippen molar-refractivity contribution >= 4 is 39.5 Å². The molecular weight excluding hydrogens is 1390 g/mol. The molecule has 636 valence electrons. The molecule has 0 aromatic rings. The Bertz CT molecular complexity index is 2050. The molecule has 6 atom stereocenters. The zero-order valence-electron chi connectivity index (χ0n) is 70.5. The number of phosphoric acid groups is 2. The van der Waals surface area contributed by atoms with Crippen LogP contribution in [-0.2, 0) is 65.4 Å². The number of carbonyl (C=O) groups excluding carboxylic acids is 4. The summed E-state index contributed by atoms with van der Waals surface area (Å²) in [4.78, 5) is 73.3. The normalized spacial score (nSPS) is 14.0. The van der Waals surface area contributed by atoms with Crippen molar-refractivity contribution in [3.05, 3.63) is 0 Å². The number of unbranched alkanes of at least 4 members (excludes halogenated alkanes) is 56. The second-order valence-corrected chi connectivity index (χ2v) is 35.3. The van der Waals surface area contributed by atoms with Gasteiger partial charge in [-0.05, 0) is 37.5 Å². The van der Waals surface area contributed by atoms with E-state index in [0.29, 0.717) is 25.7 Å². The fraction of sp³-hybridized carbons (Fsp3) is 0.955. The molecule has 0 fully saturated rings. The van der Waals surface area contributed by atoms with Crippen LogP contribution in [0.2, 0.25) is 0 Å². The molecule has 0 aliphatic carbocycles. The van der Waals surface area contributed by atoms with Crippen molar-refractivity contribution in [3.63, 3.8) is 0 Å². The molecule has 0 aromatic carbocycles. The number of ether oxygens (including phenoxy) is 4. The van der Waals surface area contributed by atoms with Gasteiger partial charge in [0.05, 0.1) is 26.4 Å². The van der Waals surface area contributed by atoms with E-state index in [9.17, 15) is 43.2 Å². The largest absolute Gasteiger partial charge is 0.472 e. The van der Waals surface area contributed by atoms with E-state index in [2.05, 4.69) is 41.5 Å². The van der Waals surface area contributed by atoms with Gasteiger partial charge in [-0.15, -0.1) is 0 Å². The number of carbonyl (C=O) groups is 4. The van der Waals surface area contributed by atoms with E-state index in [0.717, 1.165) is 102 Å². The molecule has 0 aliphatic heterocycles. The number of aliphatic hydroxyl groups excluding tert-OH is 1. The Morgan fingerprint density at radius 3 is 0.710 bits per heavy atom. The third kappa shape index (κ3) is 80.5. The predicted octanol–water partition coefficient (Wildman–Crippen LogP) is 27.0. The second kappa shape index (κ2) is 79.3. The summed E-state index contributed by atoms with van der Waals surface area (Å²) < 4.78 is 68.9. The van der Waals surface area contributed by atoms with Gasteiger partial charge in [-0.1, -0.05) is 420 Å². The standard InChI is InChI=1S/C88H172O17P2/c1-7-10-12-14-16-18-20-22-24-26-28-30-32-34-36-38-40-45-52-58-64-70-85(90)98-76-83(104-87(92)72-66-60-54-46-41-39-37-35-33-31-29-27-25-23-21-19-17-15-13-11-8-2)78-102-106(94,95)100-74-82(89)75-101-107(96,97)103-79-84(77-99-86(91)71-65-59-53-49-48-50-56-62-68-80(4)5)105-88(93)73-67-61-55-47-43-42-44-51-57-63-69-81(6)9-3/h80-84,89H,7-79H2,1-6H3,(H,94,95)(H,96,97)/t81?,82-,83-,84-/m1/s1. The SMILES string of the molecule is CCCCCCCCCCCCCCCCCCCCCCCC(=O)OC[C@H](COP(=O)(O)OC[C@@H](O)COP(=O)(O)OC[C@@H](COC(=O)CCCCCCCCCCC(C)C)OC(=O)CCCCCCCCCCCCC(C)CC)OC(=O)CCCCCCCCCCCCCCCCCCCCCCC. The minimum Gasteiger partial charge on any atom is -0.462 e. The molecule has 107 heavy (non-hydrogen) atoms. The minimum absolute atomic E-state index is 0.106. The molecule has 19 heteroatoms. The third-order valence-electron chi connectivity index (χ3n) is 21.1. The van der Waals surface area contributed by atoms with Crippen LogP contribution in [0.25, 0.3) is 0 Å². The van der Waals surface area contributed by atoms with Gasteiger partial charge in [0.2, 0.25) is 0 Å². The second-order valence-electron chi connectivity index (χ2n) is 32.4. The number of hydrogen-bond donors (Lipinski definition) is 3. The lowest BCUT2D eigenvalue weighted by Crippen LogP contribution is -2.30. The van der Waals surface area contributed by atoms with Crippen LogP contribution in [0.1, 0.15) is 472 Å². The minimum atomic E-state index is -4.97. The van der Waals surface area contributed by atoms with Crippen LogP contribution in [-0.4, -0.2) is 96.7 Å². The monoisotopic (exact) mass is 1560 g/mol. The first kappa shape index (κ1) is 105. The van der Waals surface area contributed by atoms with Crippen molar-refractivity contribution in [3.8, 4) is 0 Å². The fourth-order valence-electron chi connectivity index (χ4n) is 13.7. The van der Waals surface area contributed by atoms with Gasteiger partial charge >= 0.3 is 39.5 Å². The Labute approximate surface area is 658 Å². The van der Waals surface area contributed by atoms with Crippen molar-refractivity contribution in [2.75, 3.05) is 39.6 Å². The topological polar surface area (TPSA) is 237 Å². The lowest BCUT2D eigenvalue weighted by Gasteiger charge is -2.21. The Hall–Kier alpha value is -1.94. The summed E-state index contributed by atoms with van der Waals surface area (Å²) in [6.45, 7) is 9.66. The number of esters is 4. The molecule has 0 amide bonds. The third-order valence-corrected chi connectivity index (χ3v) is 23.0. The molecule has 0 rings (SSSR count). The summed E-state index contributed by atoms with van der Waals surface area (Å²) in [5.41, 5.74) is 0. The quantitative estimate of drug-likeness (QED) is 0.0222. The molecule has 3 N–H and O–H groups in total. The highest BCUT2D eigenvalue weighted by atomic mass is 31.2. The Balaban J connectivity index is 5.22. The zero-order chi connectivity index (χ0) is 78.5. The fourth-order valence-corrected chi connectivity index (χ4v) is 15.3. The summed E-state index contributed by atoms with van der Waals surface area (Å²) in [6.07, 6.45) is 72.4. The summed E-state index contributed by atoms with van der Waals surface area (Å²) >= 11 is 0. The summed E-state index contributed by atoms with van der Waals surface area (Å²) in [7, 11) is -9.93. The van der Waals surface area contributed by atoms with E-state index in [4.69, 9.17) is 37.0 Å². The molecule has 0 bridgehead atoms. The number of aliphatic hydroxyl groups is 1. The Kier molecular flexibility index (Phi) is 77.9. The highest BCUT2D eigenvalue weighted by molar-refractivity contribution is 7.47. The number of hydrogen-bond acceptors (Lipinski definition) is 15. The molecule has 0 radical (unpaired) electrons. The first-order chi connectivity index (χ1) is 51.9. The van der Waals surface area contributed by atoms with Crippen molar-refractivity contribution in [2.24, 2.45) is 11.8 Å². The molecule has 0 saturated carbocycles. The van der Waals surface area contributed by atoms with Crippen molar-refractivity contribution in [1.29, 1.82) is 0 Å². The first-order valence-corrected chi connectivity index (χ1v) is 48.5. The van der Waals surface area contributed by atoms with E-state index in [-0.39, 0.29) is 25.7 Å². The van der Waals surface area contributed by atoms with Crippen LogP contribution in [0.3, 0.4) is 0 Å². The van der Waals surface area contributed by atoms with Crippen LogP contribution < -0.4 is 0 Å². The van der Waals surface area contributed by atoms with Crippen molar-refractivity contribution < 1.29 is 80.2 Å². The van der Waals surface area contributed by atoms with Gasteiger partial charge < -0.3 is 33.8 Å². The van der Waals surface area contributed by atoms with Crippen molar-refractivity contribution in [2.45, 2.75) is 490 Å². The number of rotatable bonds is 87. The molecule has 0 saturated heterocycles. The van der Waals surface area contributed by atoms with E-state index in [1.165, 1.54) is 289 Å². The van der Waals surface area contributed by atoms with E-state index in [1.54, 1.807) is 0 Å². The van der Waals surface area contributed by atoms with Gasteiger partial charge in [0, 0.05) is 25.7 Å². The summed E-state index contributed by atoms with van der Waals surface area (Å²) in [5, 5.41) is 10.7. The van der Waals surface area contributed by atoms with E-state index in [1.807, 2.05) is 0 Å². The van der Waals surface area contributed by atoms with E-state index >= 15 is 0 Å². The van der Waals surface area contributed by atoms with Crippen LogP contribution in [0.5, 0.6) is 0 Å². The smallest absolute Gasteiger partial charge is 0.462 e. The van der Waals surface area contributed by atoms with Crippen LogP contribution in [0, 0.1) is 11.8 Å². The summed E-state index contributed by atoms with van der Waals surface area (Å²) in [5.74, 6) is -0.573. The van der Waals surface area contributed by atoms with Crippen LogP contribution in [0.15, 0.2) is 0 Å². The predicted molar refractivity (Wildman–Crippen MR) is 442 cm³/mol. The first-order valence-electron chi connectivity index (χ1n) is 45.5. The maximum absolute atomic E-state index is 13.2. The maximum atomic E-state index is 13.2.